The highest BCUT2D eigenvalue weighted by Crippen LogP contribution is 2.33. The lowest BCUT2D eigenvalue weighted by molar-refractivity contribution is -0.135. The summed E-state index contributed by atoms with van der Waals surface area (Å²) in [7, 11) is 0. The molecule has 4 rings (SSSR count). The Labute approximate surface area is 162 Å². The fourth-order valence-electron chi connectivity index (χ4n) is 3.62. The number of hydroxylamine groups is 1. The number of carbonyl (C=O) groups is 2. The zero-order valence-corrected chi connectivity index (χ0v) is 15.2. The van der Waals surface area contributed by atoms with E-state index >= 15 is 0 Å². The van der Waals surface area contributed by atoms with Crippen LogP contribution in [0, 0.1) is 0 Å². The molecule has 0 spiro atoms. The maximum Gasteiger partial charge on any atom is 0.265 e. The van der Waals surface area contributed by atoms with Gasteiger partial charge in [0.25, 0.3) is 11.8 Å². The van der Waals surface area contributed by atoms with Crippen molar-refractivity contribution in [1.82, 2.24) is 15.3 Å². The maximum atomic E-state index is 12.8. The van der Waals surface area contributed by atoms with Crippen molar-refractivity contribution in [3.63, 3.8) is 0 Å². The molecule has 2 aliphatic heterocycles. The third kappa shape index (κ3) is 3.51. The molecule has 2 aliphatic rings. The lowest BCUT2D eigenvalue weighted by Gasteiger charge is -2.38. The lowest BCUT2D eigenvalue weighted by Crippen LogP contribution is -2.52. The number of piperazine rings is 1. The van der Waals surface area contributed by atoms with Crippen LogP contribution < -0.4 is 15.0 Å². The molecular weight excluding hydrogens is 362 g/mol. The van der Waals surface area contributed by atoms with E-state index < -0.39 is 11.9 Å². The Bertz CT molecular complexity index is 865. The fraction of sp³-hybridized carbons (Fsp3) is 0.300. The number of hydrogen-bond acceptors (Lipinski definition) is 6. The molecule has 2 heterocycles. The molecule has 0 aliphatic carbocycles. The monoisotopic (exact) mass is 383 g/mol. The molecule has 2 amide bonds. The van der Waals surface area contributed by atoms with Crippen LogP contribution in [0.4, 0.5) is 0 Å². The molecule has 1 atom stereocenters. The molecule has 0 radical (unpaired) electrons. The summed E-state index contributed by atoms with van der Waals surface area (Å²) < 4.78 is 10.6. The summed E-state index contributed by atoms with van der Waals surface area (Å²) in [5.41, 5.74) is 3.10. The van der Waals surface area contributed by atoms with Crippen molar-refractivity contribution in [3.8, 4) is 11.5 Å². The van der Waals surface area contributed by atoms with E-state index in [1.165, 1.54) is 0 Å². The largest absolute Gasteiger partial charge is 0.454 e. The number of nitrogens with zero attached hydrogens (tertiary/aromatic N) is 2. The quantitative estimate of drug-likeness (QED) is 0.613. The Morgan fingerprint density at radius 1 is 0.964 bits per heavy atom. The molecule has 2 N–H and O–H groups in total. The third-order valence-electron chi connectivity index (χ3n) is 5.06. The second-order valence-electron chi connectivity index (χ2n) is 6.69. The second-order valence-corrected chi connectivity index (χ2v) is 6.69. The molecule has 2 aromatic rings. The molecule has 28 heavy (non-hydrogen) atoms. The minimum absolute atomic E-state index is 0.0826. The topological polar surface area (TPSA) is 91.3 Å². The van der Waals surface area contributed by atoms with E-state index in [1.54, 1.807) is 28.6 Å². The van der Waals surface area contributed by atoms with E-state index in [9.17, 15) is 9.59 Å². The van der Waals surface area contributed by atoms with Gasteiger partial charge in [-0.3, -0.25) is 19.7 Å². The van der Waals surface area contributed by atoms with E-state index in [0.29, 0.717) is 43.2 Å². The predicted octanol–water partition coefficient (Wildman–Crippen LogP) is 1.42. The van der Waals surface area contributed by atoms with Crippen LogP contribution in [0.15, 0.2) is 48.5 Å². The van der Waals surface area contributed by atoms with Crippen molar-refractivity contribution in [2.45, 2.75) is 6.04 Å². The molecule has 8 nitrogen and oxygen atoms in total. The highest BCUT2D eigenvalue weighted by Gasteiger charge is 2.32. The van der Waals surface area contributed by atoms with Crippen molar-refractivity contribution in [2.24, 2.45) is 0 Å². The van der Waals surface area contributed by atoms with Crippen molar-refractivity contribution in [2.75, 3.05) is 33.0 Å². The lowest BCUT2D eigenvalue weighted by atomic mass is 10.0. The van der Waals surface area contributed by atoms with E-state index in [1.807, 2.05) is 35.2 Å². The zero-order valence-electron chi connectivity index (χ0n) is 15.2. The van der Waals surface area contributed by atoms with Crippen LogP contribution in [0.2, 0.25) is 0 Å². The molecule has 0 aromatic heterocycles. The first kappa shape index (κ1) is 18.3. The smallest absolute Gasteiger partial charge is 0.265 e. The zero-order chi connectivity index (χ0) is 19.5. The number of carbonyl (C=O) groups excluding carboxylic acids is 2. The maximum absolute atomic E-state index is 12.8. The van der Waals surface area contributed by atoms with Gasteiger partial charge in [-0.2, -0.15) is 0 Å². The number of amides is 2. The Hall–Kier alpha value is -3.10. The summed E-state index contributed by atoms with van der Waals surface area (Å²) >= 11 is 0. The van der Waals surface area contributed by atoms with Crippen LogP contribution >= 0.6 is 0 Å². The first-order valence-corrected chi connectivity index (χ1v) is 9.09. The van der Waals surface area contributed by atoms with Crippen molar-refractivity contribution >= 4 is 11.8 Å². The number of hydrogen-bond donors (Lipinski definition) is 2. The van der Waals surface area contributed by atoms with Gasteiger partial charge < -0.3 is 14.4 Å². The molecule has 146 valence electrons. The SMILES string of the molecule is O=C(NO)C(c1ccccc1)N1CCN(C(=O)c2ccc3c(c2)OCO3)CC1. The number of benzene rings is 2. The first-order chi connectivity index (χ1) is 13.7. The molecule has 1 saturated heterocycles. The van der Waals surface area contributed by atoms with Crippen molar-refractivity contribution in [1.29, 1.82) is 0 Å². The first-order valence-electron chi connectivity index (χ1n) is 9.09. The molecule has 1 unspecified atom stereocenters. The molecule has 8 heteroatoms. The minimum Gasteiger partial charge on any atom is -0.454 e. The average Bonchev–Trinajstić information content (AvgIpc) is 3.22. The number of fused-ring (bicyclic) bond motifs is 1. The van der Waals surface area contributed by atoms with Gasteiger partial charge in [-0.15, -0.1) is 0 Å². The second kappa shape index (κ2) is 7.87. The Kier molecular flexibility index (Phi) is 5.14. The summed E-state index contributed by atoms with van der Waals surface area (Å²) in [6, 6.07) is 13.8. The summed E-state index contributed by atoms with van der Waals surface area (Å²) in [4.78, 5) is 28.8. The Morgan fingerprint density at radius 3 is 2.39 bits per heavy atom. The average molecular weight is 383 g/mol. The van der Waals surface area contributed by atoms with Crippen LogP contribution in [-0.4, -0.2) is 59.8 Å². The van der Waals surface area contributed by atoms with Crippen molar-refractivity contribution < 1.29 is 24.3 Å². The summed E-state index contributed by atoms with van der Waals surface area (Å²) in [6.45, 7) is 2.16. The summed E-state index contributed by atoms with van der Waals surface area (Å²) in [5.74, 6) is 0.651. The summed E-state index contributed by atoms with van der Waals surface area (Å²) in [5, 5.41) is 9.15. The Morgan fingerprint density at radius 2 is 1.68 bits per heavy atom. The van der Waals surface area contributed by atoms with Crippen LogP contribution in [0.25, 0.3) is 0 Å². The van der Waals surface area contributed by atoms with Gasteiger partial charge in [0.1, 0.15) is 6.04 Å². The van der Waals surface area contributed by atoms with Gasteiger partial charge in [-0.25, -0.2) is 5.48 Å². The van der Waals surface area contributed by atoms with Gasteiger partial charge in [0.2, 0.25) is 6.79 Å². The highest BCUT2D eigenvalue weighted by atomic mass is 16.7. The normalized spacial score (nSPS) is 17.2. The number of rotatable bonds is 4. The van der Waals surface area contributed by atoms with Crippen LogP contribution in [0.3, 0.4) is 0 Å². The van der Waals surface area contributed by atoms with Gasteiger partial charge in [-0.05, 0) is 23.8 Å². The Balaban J connectivity index is 1.44. The van der Waals surface area contributed by atoms with Crippen LogP contribution in [0.1, 0.15) is 22.0 Å². The summed E-state index contributed by atoms with van der Waals surface area (Å²) in [6.07, 6.45) is 0. The van der Waals surface area contributed by atoms with Gasteiger partial charge in [0, 0.05) is 31.7 Å². The van der Waals surface area contributed by atoms with E-state index in [0.717, 1.165) is 5.56 Å². The molecule has 0 saturated carbocycles. The predicted molar refractivity (Wildman–Crippen MR) is 99.2 cm³/mol. The van der Waals surface area contributed by atoms with E-state index in [4.69, 9.17) is 14.7 Å². The van der Waals surface area contributed by atoms with Gasteiger partial charge in [0.15, 0.2) is 11.5 Å². The van der Waals surface area contributed by atoms with Gasteiger partial charge in [0.05, 0.1) is 0 Å². The van der Waals surface area contributed by atoms with Crippen molar-refractivity contribution in [3.05, 3.63) is 59.7 Å². The minimum atomic E-state index is -0.603. The standard InChI is InChI=1S/C20H21N3O5/c24-19(21-26)18(14-4-2-1-3-5-14)22-8-10-23(11-9-22)20(25)15-6-7-16-17(12-15)28-13-27-16/h1-7,12,18,26H,8-11,13H2,(H,21,24). The van der Waals surface area contributed by atoms with Gasteiger partial charge in [-0.1, -0.05) is 30.3 Å². The molecule has 2 aromatic carbocycles. The van der Waals surface area contributed by atoms with E-state index in [-0.39, 0.29) is 12.7 Å². The fourth-order valence-corrected chi connectivity index (χ4v) is 3.62. The van der Waals surface area contributed by atoms with Crippen LogP contribution in [0.5, 0.6) is 11.5 Å². The molecular formula is C20H21N3O5. The third-order valence-corrected chi connectivity index (χ3v) is 5.06. The van der Waals surface area contributed by atoms with Gasteiger partial charge >= 0.3 is 0 Å². The molecule has 0 bridgehead atoms. The number of ether oxygens (including phenoxy) is 2. The molecule has 1 fully saturated rings. The highest BCUT2D eigenvalue weighted by molar-refractivity contribution is 5.95. The van der Waals surface area contributed by atoms with Crippen LogP contribution in [-0.2, 0) is 4.79 Å². The van der Waals surface area contributed by atoms with E-state index in [2.05, 4.69) is 0 Å². The number of nitrogens with one attached hydrogen (secondary N) is 1.